The second-order valence-corrected chi connectivity index (χ2v) is 6.63. The van der Waals surface area contributed by atoms with Crippen molar-refractivity contribution in [3.05, 3.63) is 77.2 Å². The first kappa shape index (κ1) is 18.3. The van der Waals surface area contributed by atoms with E-state index in [9.17, 15) is 0 Å². The smallest absolute Gasteiger partial charge is 0.200 e. The van der Waals surface area contributed by atoms with Crippen LogP contribution in [0.5, 0.6) is 5.75 Å². The predicted molar refractivity (Wildman–Crippen MR) is 105 cm³/mol. The number of benzene rings is 2. The molecule has 2 aromatic carbocycles. The number of ether oxygens (including phenoxy) is 2. The molecule has 1 unspecified atom stereocenters. The minimum atomic E-state index is -0.463. The van der Waals surface area contributed by atoms with Crippen LogP contribution in [0.15, 0.2) is 60.7 Å². The Balaban J connectivity index is 1.44. The monoisotopic (exact) mass is 395 g/mol. The number of tetrazole rings is 1. The molecule has 0 aliphatic rings. The number of aryl methyl sites for hydroxylation is 1. The zero-order valence-electron chi connectivity index (χ0n) is 15.0. The Morgan fingerprint density at radius 1 is 1.04 bits per heavy atom. The molecule has 0 aliphatic carbocycles. The number of fused-ring (bicyclic) bond motifs is 1. The Kier molecular flexibility index (Phi) is 5.75. The van der Waals surface area contributed by atoms with Gasteiger partial charge in [0.1, 0.15) is 11.6 Å². The number of hydrogen-bond acceptors (Lipinski definition) is 6. The summed E-state index contributed by atoms with van der Waals surface area (Å²) < 4.78 is 12.0. The molecule has 0 saturated heterocycles. The standard InChI is InChI=1S/C20H18ClN5O2/c21-15-7-9-18-14(12-15)6-8-16(22-18)13-27-20(11-10-19-23-25-26-24-19)28-17-4-2-1-3-5-17/h1-9,12,20H,10-11,13H2,(H,23,24,25,26). The number of halogens is 1. The molecule has 1 N–H and O–H groups in total. The second kappa shape index (κ2) is 8.77. The average molecular weight is 396 g/mol. The van der Waals surface area contributed by atoms with Gasteiger partial charge in [-0.25, -0.2) is 5.10 Å². The normalized spacial score (nSPS) is 12.2. The van der Waals surface area contributed by atoms with E-state index in [1.165, 1.54) is 0 Å². The number of pyridine rings is 1. The summed E-state index contributed by atoms with van der Waals surface area (Å²) in [7, 11) is 0. The van der Waals surface area contributed by atoms with Gasteiger partial charge in [-0.1, -0.05) is 35.9 Å². The Bertz CT molecular complexity index is 1030. The molecule has 0 spiro atoms. The highest BCUT2D eigenvalue weighted by atomic mass is 35.5. The summed E-state index contributed by atoms with van der Waals surface area (Å²) in [4.78, 5) is 4.63. The molecule has 0 bridgehead atoms. The van der Waals surface area contributed by atoms with Crippen molar-refractivity contribution in [2.45, 2.75) is 25.7 Å². The van der Waals surface area contributed by atoms with Gasteiger partial charge in [0.2, 0.25) is 6.29 Å². The third-order valence-electron chi connectivity index (χ3n) is 4.14. The first-order chi connectivity index (χ1) is 13.8. The molecule has 7 nitrogen and oxygen atoms in total. The number of aromatic nitrogens is 5. The molecule has 2 aromatic heterocycles. The Morgan fingerprint density at radius 3 is 2.75 bits per heavy atom. The van der Waals surface area contributed by atoms with Crippen LogP contribution in [0.2, 0.25) is 5.02 Å². The molecule has 0 aliphatic heterocycles. The molecule has 2 heterocycles. The summed E-state index contributed by atoms with van der Waals surface area (Å²) in [6.45, 7) is 0.324. The lowest BCUT2D eigenvalue weighted by Crippen LogP contribution is -2.22. The number of nitrogens with zero attached hydrogens (tertiary/aromatic N) is 4. The van der Waals surface area contributed by atoms with E-state index < -0.39 is 6.29 Å². The van der Waals surface area contributed by atoms with Crippen LogP contribution in [-0.4, -0.2) is 31.9 Å². The van der Waals surface area contributed by atoms with Gasteiger partial charge < -0.3 is 9.47 Å². The third-order valence-corrected chi connectivity index (χ3v) is 4.38. The Morgan fingerprint density at radius 2 is 1.93 bits per heavy atom. The first-order valence-electron chi connectivity index (χ1n) is 8.87. The lowest BCUT2D eigenvalue weighted by molar-refractivity contribution is -0.0941. The highest BCUT2D eigenvalue weighted by Gasteiger charge is 2.14. The fraction of sp³-hybridized carbons (Fsp3) is 0.200. The van der Waals surface area contributed by atoms with Gasteiger partial charge in [0.15, 0.2) is 0 Å². The third kappa shape index (κ3) is 4.82. The highest BCUT2D eigenvalue weighted by molar-refractivity contribution is 6.31. The van der Waals surface area contributed by atoms with Crippen LogP contribution >= 0.6 is 11.6 Å². The summed E-state index contributed by atoms with van der Waals surface area (Å²) in [5, 5.41) is 15.5. The van der Waals surface area contributed by atoms with Crippen molar-refractivity contribution >= 4 is 22.5 Å². The summed E-state index contributed by atoms with van der Waals surface area (Å²) in [6, 6.07) is 19.1. The number of nitrogens with one attached hydrogen (secondary N) is 1. The second-order valence-electron chi connectivity index (χ2n) is 6.20. The zero-order valence-corrected chi connectivity index (χ0v) is 15.7. The minimum Gasteiger partial charge on any atom is -0.465 e. The van der Waals surface area contributed by atoms with Crippen molar-refractivity contribution in [1.29, 1.82) is 0 Å². The van der Waals surface area contributed by atoms with Crippen LogP contribution in [-0.2, 0) is 17.8 Å². The van der Waals surface area contributed by atoms with Gasteiger partial charge in [-0.3, -0.25) is 4.98 Å². The Hall–Kier alpha value is -3.03. The van der Waals surface area contributed by atoms with Gasteiger partial charge in [-0.15, -0.1) is 5.10 Å². The van der Waals surface area contributed by atoms with Crippen LogP contribution in [0.4, 0.5) is 0 Å². The van der Waals surface area contributed by atoms with Crippen LogP contribution in [0, 0.1) is 0 Å². The van der Waals surface area contributed by atoms with Crippen LogP contribution < -0.4 is 4.74 Å². The van der Waals surface area contributed by atoms with Gasteiger partial charge in [-0.2, -0.15) is 0 Å². The fourth-order valence-corrected chi connectivity index (χ4v) is 2.94. The van der Waals surface area contributed by atoms with E-state index in [1.54, 1.807) is 0 Å². The van der Waals surface area contributed by atoms with Crippen molar-refractivity contribution in [1.82, 2.24) is 25.6 Å². The molecular weight excluding hydrogens is 378 g/mol. The molecule has 8 heteroatoms. The number of hydrogen-bond donors (Lipinski definition) is 1. The van der Waals surface area contributed by atoms with Gasteiger partial charge in [0.05, 0.1) is 17.8 Å². The van der Waals surface area contributed by atoms with E-state index in [2.05, 4.69) is 25.6 Å². The summed E-state index contributed by atoms with van der Waals surface area (Å²) >= 11 is 6.03. The van der Waals surface area contributed by atoms with Crippen LogP contribution in [0.3, 0.4) is 0 Å². The average Bonchev–Trinajstić information content (AvgIpc) is 3.24. The SMILES string of the molecule is Clc1ccc2nc(COC(CCc3nnn[nH]3)Oc3ccccc3)ccc2c1. The summed E-state index contributed by atoms with van der Waals surface area (Å²) in [6.07, 6.45) is 0.735. The van der Waals surface area contributed by atoms with Gasteiger partial charge in [-0.05, 0) is 46.8 Å². The lowest BCUT2D eigenvalue weighted by atomic mass is 10.2. The van der Waals surface area contributed by atoms with E-state index in [0.29, 0.717) is 30.3 Å². The molecule has 0 amide bonds. The maximum absolute atomic E-state index is 6.03. The first-order valence-corrected chi connectivity index (χ1v) is 9.25. The fourth-order valence-electron chi connectivity index (χ4n) is 2.76. The van der Waals surface area contributed by atoms with Crippen molar-refractivity contribution in [3.63, 3.8) is 0 Å². The van der Waals surface area contributed by atoms with Crippen LogP contribution in [0.1, 0.15) is 17.9 Å². The van der Waals surface area contributed by atoms with Gasteiger partial charge in [0, 0.05) is 23.3 Å². The molecular formula is C20H18ClN5O2. The maximum Gasteiger partial charge on any atom is 0.200 e. The molecule has 4 rings (SSSR count). The Labute approximate surface area is 166 Å². The summed E-state index contributed by atoms with van der Waals surface area (Å²) in [5.74, 6) is 1.43. The van der Waals surface area contributed by atoms with Gasteiger partial charge >= 0.3 is 0 Å². The largest absolute Gasteiger partial charge is 0.465 e. The quantitative estimate of drug-likeness (QED) is 0.454. The van der Waals surface area contributed by atoms with E-state index in [4.69, 9.17) is 21.1 Å². The molecule has 0 saturated carbocycles. The van der Waals surface area contributed by atoms with E-state index in [-0.39, 0.29) is 0 Å². The van der Waals surface area contributed by atoms with E-state index >= 15 is 0 Å². The van der Waals surface area contributed by atoms with Crippen LogP contribution in [0.25, 0.3) is 10.9 Å². The molecule has 4 aromatic rings. The molecule has 1 atom stereocenters. The van der Waals surface area contributed by atoms with Crippen molar-refractivity contribution < 1.29 is 9.47 Å². The predicted octanol–water partition coefficient (Wildman–Crippen LogP) is 3.96. The number of H-pyrrole nitrogens is 1. The van der Waals surface area contributed by atoms with Crippen molar-refractivity contribution in [2.75, 3.05) is 0 Å². The topological polar surface area (TPSA) is 85.8 Å². The van der Waals surface area contributed by atoms with Gasteiger partial charge in [0.25, 0.3) is 0 Å². The molecule has 28 heavy (non-hydrogen) atoms. The zero-order chi connectivity index (χ0) is 19.2. The van der Waals surface area contributed by atoms with E-state index in [1.807, 2.05) is 60.7 Å². The van der Waals surface area contributed by atoms with E-state index in [0.717, 1.165) is 22.3 Å². The number of aromatic amines is 1. The summed E-state index contributed by atoms with van der Waals surface area (Å²) in [5.41, 5.74) is 1.69. The molecule has 0 fully saturated rings. The molecule has 142 valence electrons. The molecule has 0 radical (unpaired) electrons. The highest BCUT2D eigenvalue weighted by Crippen LogP contribution is 2.20. The minimum absolute atomic E-state index is 0.324. The number of para-hydroxylation sites is 1. The van der Waals surface area contributed by atoms with Crippen molar-refractivity contribution in [3.8, 4) is 5.75 Å². The number of rotatable bonds is 8. The maximum atomic E-state index is 6.03. The van der Waals surface area contributed by atoms with Crippen molar-refractivity contribution in [2.24, 2.45) is 0 Å². The lowest BCUT2D eigenvalue weighted by Gasteiger charge is -2.19.